The normalized spacial score (nSPS) is 36.3. The first-order valence-corrected chi connectivity index (χ1v) is 13.2. The SMILES string of the molecule is C[C@@H]1O[C@@H](Oc2ccc(C/C(=N\OS(=O)(=O)[O-])S[C@@H]3O[C@H](CO)[C@@H](O)[C@H](O)[C@H]3O)cc2)[C@H](O)[C@H](O)[C@H]1O.[K+]. The molecule has 2 heterocycles. The fraction of sp³-hybridized carbons (Fsp3) is 0.650. The zero-order chi connectivity index (χ0) is 27.5. The van der Waals surface area contributed by atoms with Crippen LogP contribution < -0.4 is 56.1 Å². The van der Waals surface area contributed by atoms with Gasteiger partial charge >= 0.3 is 51.4 Å². The van der Waals surface area contributed by atoms with Crippen LogP contribution in [-0.2, 0) is 30.6 Å². The van der Waals surface area contributed by atoms with Crippen LogP contribution in [0.3, 0.4) is 0 Å². The predicted molar refractivity (Wildman–Crippen MR) is 123 cm³/mol. The second-order valence-corrected chi connectivity index (χ2v) is 10.5. The Morgan fingerprint density at radius 1 is 0.974 bits per heavy atom. The molecule has 210 valence electrons. The Morgan fingerprint density at radius 2 is 1.58 bits per heavy atom. The van der Waals surface area contributed by atoms with Crippen LogP contribution >= 0.6 is 11.8 Å². The number of hydrogen-bond donors (Lipinski definition) is 7. The number of hydrogen-bond acceptors (Lipinski definition) is 16. The molecular weight excluding hydrogens is 581 g/mol. The van der Waals surface area contributed by atoms with Gasteiger partial charge in [0.05, 0.1) is 12.7 Å². The number of ether oxygens (including phenoxy) is 3. The van der Waals surface area contributed by atoms with E-state index in [9.17, 15) is 48.7 Å². The summed E-state index contributed by atoms with van der Waals surface area (Å²) in [7, 11) is -5.22. The molecule has 2 saturated heterocycles. The van der Waals surface area contributed by atoms with E-state index in [0.717, 1.165) is 0 Å². The predicted octanol–water partition coefficient (Wildman–Crippen LogP) is -6.24. The van der Waals surface area contributed by atoms with Crippen molar-refractivity contribution in [3.05, 3.63) is 29.8 Å². The van der Waals surface area contributed by atoms with Crippen LogP contribution in [0.4, 0.5) is 0 Å². The summed E-state index contributed by atoms with van der Waals surface area (Å²) >= 11 is 0.599. The topological polar surface area (TPSA) is 248 Å². The van der Waals surface area contributed by atoms with Crippen molar-refractivity contribution < 1.29 is 119 Å². The maximum absolute atomic E-state index is 10.9. The third kappa shape index (κ3) is 9.01. The van der Waals surface area contributed by atoms with Gasteiger partial charge in [0.2, 0.25) is 6.29 Å². The smallest absolute Gasteiger partial charge is 0.714 e. The number of benzene rings is 1. The number of oxime groups is 1. The Kier molecular flexibility index (Phi) is 13.3. The van der Waals surface area contributed by atoms with E-state index in [1.807, 2.05) is 0 Å². The Bertz CT molecular complexity index is 1030. The summed E-state index contributed by atoms with van der Waals surface area (Å²) in [5, 5.41) is 72.4. The second-order valence-electron chi connectivity index (χ2n) is 8.40. The van der Waals surface area contributed by atoms with Gasteiger partial charge in [-0.25, -0.2) is 0 Å². The van der Waals surface area contributed by atoms with Crippen LogP contribution in [0.5, 0.6) is 5.75 Å². The largest absolute Gasteiger partial charge is 1.00 e. The average Bonchev–Trinajstić information content (AvgIpc) is 2.85. The van der Waals surface area contributed by atoms with Gasteiger partial charge in [-0.1, -0.05) is 29.1 Å². The molecule has 0 amide bonds. The Hall–Kier alpha value is 0.0264. The first-order valence-electron chi connectivity index (χ1n) is 10.9. The van der Waals surface area contributed by atoms with Crippen LogP contribution in [0.15, 0.2) is 29.4 Å². The van der Waals surface area contributed by atoms with Crippen molar-refractivity contribution in [3.63, 3.8) is 0 Å². The first-order chi connectivity index (χ1) is 17.3. The summed E-state index contributed by atoms with van der Waals surface area (Å²) in [6, 6.07) is 5.92. The maximum atomic E-state index is 10.9. The Labute approximate surface area is 264 Å². The van der Waals surface area contributed by atoms with E-state index in [0.29, 0.717) is 17.3 Å². The van der Waals surface area contributed by atoms with Gasteiger partial charge in [0.25, 0.3) is 10.4 Å². The molecule has 38 heavy (non-hydrogen) atoms. The van der Waals surface area contributed by atoms with Crippen molar-refractivity contribution >= 4 is 27.2 Å². The zero-order valence-electron chi connectivity index (χ0n) is 20.2. The van der Waals surface area contributed by atoms with Crippen molar-refractivity contribution in [1.29, 1.82) is 0 Å². The van der Waals surface area contributed by atoms with Crippen molar-refractivity contribution in [2.75, 3.05) is 6.61 Å². The van der Waals surface area contributed by atoms with Crippen LogP contribution in [-0.4, -0.2) is 121 Å². The molecular formula is C20H28KNO14S2. The summed E-state index contributed by atoms with van der Waals surface area (Å²) in [5.74, 6) is 0.210. The molecule has 2 fully saturated rings. The quantitative estimate of drug-likeness (QED) is 0.0362. The number of nitrogens with zero attached hydrogens (tertiary/aromatic N) is 1. The molecule has 7 N–H and O–H groups in total. The molecule has 3 rings (SSSR count). The second kappa shape index (κ2) is 14.8. The van der Waals surface area contributed by atoms with Crippen molar-refractivity contribution in [1.82, 2.24) is 0 Å². The van der Waals surface area contributed by atoms with Gasteiger partial charge in [0, 0.05) is 6.42 Å². The minimum absolute atomic E-state index is 0. The molecule has 1 aromatic carbocycles. The molecule has 0 radical (unpaired) electrons. The van der Waals surface area contributed by atoms with Gasteiger partial charge in [-0.05, 0) is 24.6 Å². The molecule has 2 aliphatic heterocycles. The summed E-state index contributed by atoms with van der Waals surface area (Å²) in [4.78, 5) is 0. The number of aliphatic hydroxyl groups is 7. The van der Waals surface area contributed by atoms with E-state index in [4.69, 9.17) is 14.2 Å². The third-order valence-electron chi connectivity index (χ3n) is 5.67. The average molecular weight is 610 g/mol. The van der Waals surface area contributed by atoms with Crippen molar-refractivity contribution in [2.45, 2.75) is 73.9 Å². The summed E-state index contributed by atoms with van der Waals surface area (Å²) in [6.07, 6.45) is -12.7. The Morgan fingerprint density at radius 3 is 2.16 bits per heavy atom. The molecule has 1 aromatic rings. The summed E-state index contributed by atoms with van der Waals surface area (Å²) in [6.45, 7) is 0.812. The van der Waals surface area contributed by atoms with Crippen LogP contribution in [0.25, 0.3) is 0 Å². The van der Waals surface area contributed by atoms with Gasteiger partial charge in [-0.15, -0.1) is 0 Å². The fourth-order valence-electron chi connectivity index (χ4n) is 3.59. The van der Waals surface area contributed by atoms with Crippen molar-refractivity contribution in [3.8, 4) is 5.75 Å². The molecule has 0 spiro atoms. The molecule has 10 atom stereocenters. The summed E-state index contributed by atoms with van der Waals surface area (Å²) < 4.78 is 53.0. The number of rotatable bonds is 8. The number of aliphatic hydroxyl groups excluding tert-OH is 7. The van der Waals surface area contributed by atoms with Crippen LogP contribution in [0, 0.1) is 0 Å². The first kappa shape index (κ1) is 34.2. The third-order valence-corrected chi connectivity index (χ3v) is 7.04. The molecule has 0 aromatic heterocycles. The molecule has 15 nitrogen and oxygen atoms in total. The molecule has 2 aliphatic rings. The van der Waals surface area contributed by atoms with E-state index in [-0.39, 0.29) is 68.6 Å². The van der Waals surface area contributed by atoms with Gasteiger partial charge in [-0.2, -0.15) is 8.42 Å². The minimum Gasteiger partial charge on any atom is -0.714 e. The molecule has 0 unspecified atom stereocenters. The van der Waals surface area contributed by atoms with E-state index in [2.05, 4.69) is 9.44 Å². The molecule has 18 heteroatoms. The Balaban J connectivity index is 0.00000507. The molecule has 0 bridgehead atoms. The van der Waals surface area contributed by atoms with Gasteiger partial charge in [0.1, 0.15) is 59.0 Å². The number of thioether (sulfide) groups is 1. The van der Waals surface area contributed by atoms with Gasteiger partial charge < -0.3 is 54.5 Å². The van der Waals surface area contributed by atoms with E-state index in [1.165, 1.54) is 31.2 Å². The van der Waals surface area contributed by atoms with Crippen molar-refractivity contribution in [2.24, 2.45) is 5.16 Å². The van der Waals surface area contributed by atoms with E-state index < -0.39 is 77.6 Å². The van der Waals surface area contributed by atoms with Crippen LogP contribution in [0.1, 0.15) is 12.5 Å². The fourth-order valence-corrected chi connectivity index (χ4v) is 4.91. The molecule has 0 saturated carbocycles. The van der Waals surface area contributed by atoms with Crippen LogP contribution in [0.2, 0.25) is 0 Å². The summed E-state index contributed by atoms with van der Waals surface area (Å²) in [5.41, 5.74) is -0.840. The minimum atomic E-state index is -5.22. The monoisotopic (exact) mass is 609 g/mol. The van der Waals surface area contributed by atoms with Gasteiger partial charge in [0.15, 0.2) is 0 Å². The standard InChI is InChI=1S/C20H29NO14S2.K/c1-8-13(23)15(25)17(27)19(32-8)33-10-4-2-9(3-5-10)6-12(21-35-37(29,30)31)36-20-18(28)16(26)14(24)11(7-22)34-20;/h2-5,8,11,13-20,22-28H,6-7H2,1H3,(H,29,30,31);/q;+1/p-1/b21-12+;/t8-,11+,13-,14+,15+,16-,17+,18+,19-,20-;/m0./s1. The van der Waals surface area contributed by atoms with Gasteiger partial charge in [-0.3, -0.25) is 4.28 Å². The zero-order valence-corrected chi connectivity index (χ0v) is 25.0. The van der Waals surface area contributed by atoms with E-state index in [1.54, 1.807) is 0 Å². The van der Waals surface area contributed by atoms with E-state index >= 15 is 0 Å². The molecule has 0 aliphatic carbocycles. The maximum Gasteiger partial charge on any atom is 1.00 e.